The summed E-state index contributed by atoms with van der Waals surface area (Å²) in [5, 5.41) is 0.379. The van der Waals surface area contributed by atoms with Gasteiger partial charge in [0.2, 0.25) is 0 Å². The van der Waals surface area contributed by atoms with E-state index in [1.165, 1.54) is 0 Å². The largest absolute Gasteiger partial charge is 0.431 e. The average Bonchev–Trinajstić information content (AvgIpc) is 2.05. The van der Waals surface area contributed by atoms with Crippen molar-refractivity contribution in [2.75, 3.05) is 0 Å². The van der Waals surface area contributed by atoms with E-state index in [2.05, 4.69) is 11.3 Å². The van der Waals surface area contributed by atoms with Gasteiger partial charge in [0, 0.05) is 0 Å². The number of halogens is 1. The van der Waals surface area contributed by atoms with Gasteiger partial charge in [0.1, 0.15) is 0 Å². The van der Waals surface area contributed by atoms with Crippen molar-refractivity contribution in [3.8, 4) is 0 Å². The van der Waals surface area contributed by atoms with Gasteiger partial charge in [-0.25, -0.2) is 4.79 Å². The first-order chi connectivity index (χ1) is 5.75. The Hall–Kier alpha value is -1.28. The quantitative estimate of drug-likeness (QED) is 0.519. The zero-order valence-corrected chi connectivity index (χ0v) is 7.04. The zero-order valence-electron chi connectivity index (χ0n) is 6.29. The van der Waals surface area contributed by atoms with Crippen LogP contribution in [0.25, 0.3) is 0 Å². The summed E-state index contributed by atoms with van der Waals surface area (Å²) in [7, 11) is 0. The lowest BCUT2D eigenvalue weighted by atomic mass is 10.2. The monoisotopic (exact) mass is 182 g/mol. The van der Waals surface area contributed by atoms with Gasteiger partial charge in [-0.3, -0.25) is 0 Å². The molecule has 62 valence electrons. The van der Waals surface area contributed by atoms with Gasteiger partial charge in [0.25, 0.3) is 0 Å². The number of carbonyl (C=O) groups is 1. The number of benzene rings is 1. The van der Waals surface area contributed by atoms with Crippen molar-refractivity contribution in [3.63, 3.8) is 0 Å². The molecule has 0 heterocycles. The van der Waals surface area contributed by atoms with Crippen LogP contribution in [0.15, 0.2) is 37.1 Å². The van der Waals surface area contributed by atoms with E-state index >= 15 is 0 Å². The topological polar surface area (TPSA) is 26.3 Å². The van der Waals surface area contributed by atoms with E-state index in [1.807, 2.05) is 0 Å². The van der Waals surface area contributed by atoms with Crippen molar-refractivity contribution in [2.24, 2.45) is 0 Å². The van der Waals surface area contributed by atoms with Crippen LogP contribution in [0.3, 0.4) is 0 Å². The molecule has 0 fully saturated rings. The van der Waals surface area contributed by atoms with Crippen molar-refractivity contribution in [3.05, 3.63) is 47.7 Å². The fourth-order valence-corrected chi connectivity index (χ4v) is 0.979. The maximum atomic E-state index is 11.1. The van der Waals surface area contributed by atoms with Crippen LogP contribution in [0.1, 0.15) is 10.4 Å². The molecule has 0 aliphatic carbocycles. The highest BCUT2D eigenvalue weighted by atomic mass is 35.5. The molecule has 12 heavy (non-hydrogen) atoms. The van der Waals surface area contributed by atoms with Crippen molar-refractivity contribution in [1.29, 1.82) is 0 Å². The first kappa shape index (κ1) is 8.81. The minimum Gasteiger partial charge on any atom is -0.431 e. The summed E-state index contributed by atoms with van der Waals surface area (Å²) >= 11 is 5.72. The minimum absolute atomic E-state index is 0.346. The van der Waals surface area contributed by atoms with Gasteiger partial charge in [0.15, 0.2) is 0 Å². The Bertz CT molecular complexity index is 307. The second-order valence-electron chi connectivity index (χ2n) is 2.05. The van der Waals surface area contributed by atoms with Gasteiger partial charge in [-0.15, -0.1) is 0 Å². The molecule has 0 saturated heterocycles. The summed E-state index contributed by atoms with van der Waals surface area (Å²) in [6.07, 6.45) is 1.08. The van der Waals surface area contributed by atoms with Crippen molar-refractivity contribution < 1.29 is 9.53 Å². The first-order valence-electron chi connectivity index (χ1n) is 3.32. The number of hydrogen-bond donors (Lipinski definition) is 0. The van der Waals surface area contributed by atoms with Gasteiger partial charge in [-0.05, 0) is 12.1 Å². The highest BCUT2D eigenvalue weighted by Gasteiger charge is 2.08. The third-order valence-corrected chi connectivity index (χ3v) is 1.61. The van der Waals surface area contributed by atoms with Crippen molar-refractivity contribution >= 4 is 17.6 Å². The summed E-state index contributed by atoms with van der Waals surface area (Å²) in [6, 6.07) is 6.67. The first-order valence-corrected chi connectivity index (χ1v) is 3.70. The molecule has 1 aromatic carbocycles. The van der Waals surface area contributed by atoms with E-state index in [1.54, 1.807) is 24.3 Å². The number of esters is 1. The maximum absolute atomic E-state index is 11.1. The van der Waals surface area contributed by atoms with E-state index in [4.69, 9.17) is 11.6 Å². The number of rotatable bonds is 2. The Balaban J connectivity index is 2.94. The smallest absolute Gasteiger partial charge is 0.344 e. The molecule has 0 aliphatic rings. The maximum Gasteiger partial charge on any atom is 0.344 e. The Morgan fingerprint density at radius 3 is 2.75 bits per heavy atom. The van der Waals surface area contributed by atoms with E-state index < -0.39 is 5.97 Å². The normalized spacial score (nSPS) is 9.08. The van der Waals surface area contributed by atoms with Crippen LogP contribution >= 0.6 is 11.6 Å². The minimum atomic E-state index is -0.490. The van der Waals surface area contributed by atoms with Crippen LogP contribution < -0.4 is 0 Å². The lowest BCUT2D eigenvalue weighted by molar-refractivity contribution is 0.0664. The van der Waals surface area contributed by atoms with Gasteiger partial charge >= 0.3 is 5.97 Å². The molecule has 1 aromatic rings. The molecule has 0 amide bonds. The molecule has 1 rings (SSSR count). The molecule has 2 nitrogen and oxygen atoms in total. The number of hydrogen-bond acceptors (Lipinski definition) is 2. The lowest BCUT2D eigenvalue weighted by Crippen LogP contribution is -2.00. The fraction of sp³-hybridized carbons (Fsp3) is 0. The second kappa shape index (κ2) is 3.93. The highest BCUT2D eigenvalue weighted by molar-refractivity contribution is 6.33. The predicted octanol–water partition coefficient (Wildman–Crippen LogP) is 2.64. The highest BCUT2D eigenvalue weighted by Crippen LogP contribution is 2.15. The molecular formula is C9H7ClO2. The van der Waals surface area contributed by atoms with E-state index in [0.29, 0.717) is 10.6 Å². The lowest BCUT2D eigenvalue weighted by Gasteiger charge is -1.99. The van der Waals surface area contributed by atoms with Crippen molar-refractivity contribution in [2.45, 2.75) is 0 Å². The molecule has 0 N–H and O–H groups in total. The number of ether oxygens (including phenoxy) is 1. The Morgan fingerprint density at radius 1 is 1.50 bits per heavy atom. The number of carbonyl (C=O) groups excluding carboxylic acids is 1. The molecule has 0 unspecified atom stereocenters. The fourth-order valence-electron chi connectivity index (χ4n) is 0.766. The molecule has 0 atom stereocenters. The molecule has 0 spiro atoms. The second-order valence-corrected chi connectivity index (χ2v) is 2.46. The van der Waals surface area contributed by atoms with Crippen LogP contribution in [0.4, 0.5) is 0 Å². The van der Waals surface area contributed by atoms with Crippen LogP contribution in [0.2, 0.25) is 5.02 Å². The standard InChI is InChI=1S/C9H7ClO2/c1-2-12-9(11)7-5-3-4-6-8(7)10/h2-6H,1H2. The van der Waals surface area contributed by atoms with E-state index in [-0.39, 0.29) is 0 Å². The molecule has 0 saturated carbocycles. The van der Waals surface area contributed by atoms with Gasteiger partial charge in [-0.1, -0.05) is 30.3 Å². The van der Waals surface area contributed by atoms with Crippen LogP contribution in [0, 0.1) is 0 Å². The van der Waals surface area contributed by atoms with E-state index in [9.17, 15) is 4.79 Å². The third kappa shape index (κ3) is 1.86. The molecule has 3 heteroatoms. The van der Waals surface area contributed by atoms with Crippen LogP contribution in [-0.2, 0) is 4.74 Å². The molecule has 0 bridgehead atoms. The predicted molar refractivity (Wildman–Crippen MR) is 47.1 cm³/mol. The van der Waals surface area contributed by atoms with Crippen LogP contribution in [0.5, 0.6) is 0 Å². The summed E-state index contributed by atoms with van der Waals surface area (Å²) in [5.74, 6) is -0.490. The molecule has 0 aromatic heterocycles. The van der Waals surface area contributed by atoms with Gasteiger partial charge < -0.3 is 4.74 Å². The zero-order chi connectivity index (χ0) is 8.97. The summed E-state index contributed by atoms with van der Waals surface area (Å²) in [5.41, 5.74) is 0.346. The summed E-state index contributed by atoms with van der Waals surface area (Å²) in [6.45, 7) is 3.27. The Morgan fingerprint density at radius 2 is 2.17 bits per heavy atom. The molecular weight excluding hydrogens is 176 g/mol. The Kier molecular flexibility index (Phi) is 2.88. The average molecular weight is 183 g/mol. The molecule has 0 aliphatic heterocycles. The summed E-state index contributed by atoms with van der Waals surface area (Å²) < 4.78 is 4.55. The molecule has 0 radical (unpaired) electrons. The Labute approximate surface area is 75.4 Å². The van der Waals surface area contributed by atoms with E-state index in [0.717, 1.165) is 6.26 Å². The van der Waals surface area contributed by atoms with Crippen LogP contribution in [-0.4, -0.2) is 5.97 Å². The van der Waals surface area contributed by atoms with Gasteiger partial charge in [-0.2, -0.15) is 0 Å². The third-order valence-electron chi connectivity index (χ3n) is 1.28. The summed E-state index contributed by atoms with van der Waals surface area (Å²) in [4.78, 5) is 11.1. The van der Waals surface area contributed by atoms with Crippen molar-refractivity contribution in [1.82, 2.24) is 0 Å². The SMILES string of the molecule is C=COC(=O)c1ccccc1Cl. The van der Waals surface area contributed by atoms with Gasteiger partial charge in [0.05, 0.1) is 16.8 Å².